The zero-order valence-corrected chi connectivity index (χ0v) is 11.2. The number of rotatable bonds is 5. The first-order valence-electron chi connectivity index (χ1n) is 6.84. The van der Waals surface area contributed by atoms with Crippen LogP contribution in [-0.4, -0.2) is 38.9 Å². The van der Waals surface area contributed by atoms with Gasteiger partial charge >= 0.3 is 0 Å². The summed E-state index contributed by atoms with van der Waals surface area (Å²) in [5, 5.41) is 6.06. The van der Waals surface area contributed by atoms with E-state index in [1.54, 1.807) is 6.07 Å². The predicted octanol–water partition coefficient (Wildman–Crippen LogP) is 0.520. The van der Waals surface area contributed by atoms with Crippen LogP contribution in [0.3, 0.4) is 0 Å². The number of fused-ring (bicyclic) bond motifs is 1. The Morgan fingerprint density at radius 3 is 3.15 bits per heavy atom. The second-order valence-electron chi connectivity index (χ2n) is 4.84. The molecule has 0 aliphatic carbocycles. The fourth-order valence-corrected chi connectivity index (χ4v) is 2.33. The van der Waals surface area contributed by atoms with Gasteiger partial charge in [-0.2, -0.15) is 0 Å². The Kier molecular flexibility index (Phi) is 3.92. The van der Waals surface area contributed by atoms with Crippen LogP contribution in [0, 0.1) is 5.92 Å². The topological polar surface area (TPSA) is 68.8 Å². The summed E-state index contributed by atoms with van der Waals surface area (Å²) in [4.78, 5) is 11.8. The molecule has 20 heavy (non-hydrogen) atoms. The molecule has 6 nitrogen and oxygen atoms in total. The van der Waals surface area contributed by atoms with Crippen molar-refractivity contribution in [2.24, 2.45) is 5.92 Å². The molecule has 0 spiro atoms. The van der Waals surface area contributed by atoms with Gasteiger partial charge in [-0.1, -0.05) is 0 Å². The molecule has 1 saturated heterocycles. The Morgan fingerprint density at radius 2 is 2.30 bits per heavy atom. The van der Waals surface area contributed by atoms with E-state index in [0.29, 0.717) is 24.7 Å². The number of benzene rings is 1. The number of hydrogen-bond acceptors (Lipinski definition) is 5. The van der Waals surface area contributed by atoms with E-state index in [0.717, 1.165) is 25.3 Å². The lowest BCUT2D eigenvalue weighted by Crippen LogP contribution is -2.34. The van der Waals surface area contributed by atoms with E-state index in [1.165, 1.54) is 0 Å². The molecule has 2 heterocycles. The molecule has 0 saturated carbocycles. The Labute approximate surface area is 117 Å². The van der Waals surface area contributed by atoms with Crippen LogP contribution in [0.25, 0.3) is 0 Å². The summed E-state index contributed by atoms with van der Waals surface area (Å²) in [7, 11) is 0. The third-order valence-electron chi connectivity index (χ3n) is 3.45. The van der Waals surface area contributed by atoms with E-state index in [9.17, 15) is 4.79 Å². The van der Waals surface area contributed by atoms with E-state index in [2.05, 4.69) is 10.6 Å². The van der Waals surface area contributed by atoms with Gasteiger partial charge in [0.25, 0.3) is 0 Å². The zero-order valence-electron chi connectivity index (χ0n) is 11.2. The maximum atomic E-state index is 11.8. The molecule has 0 radical (unpaired) electrons. The zero-order chi connectivity index (χ0) is 13.8. The molecule has 1 atom stereocenters. The maximum Gasteiger partial charge on any atom is 0.231 e. The molecular formula is C14H18N2O4. The molecule has 108 valence electrons. The molecular weight excluding hydrogens is 260 g/mol. The Hall–Kier alpha value is -1.95. The molecule has 0 bridgehead atoms. The monoisotopic (exact) mass is 278 g/mol. The van der Waals surface area contributed by atoms with Gasteiger partial charge in [0.1, 0.15) is 12.4 Å². The second kappa shape index (κ2) is 6.00. The average molecular weight is 278 g/mol. The minimum atomic E-state index is 0.0977. The lowest BCUT2D eigenvalue weighted by atomic mass is 10.1. The lowest BCUT2D eigenvalue weighted by molar-refractivity contribution is -0.124. The fourth-order valence-electron chi connectivity index (χ4n) is 2.33. The van der Waals surface area contributed by atoms with Crippen molar-refractivity contribution in [1.82, 2.24) is 10.6 Å². The summed E-state index contributed by atoms with van der Waals surface area (Å²) in [6.07, 6.45) is 0.912. The molecule has 2 aliphatic heterocycles. The third-order valence-corrected chi connectivity index (χ3v) is 3.45. The second-order valence-corrected chi connectivity index (χ2v) is 4.84. The highest BCUT2D eigenvalue weighted by molar-refractivity contribution is 5.79. The van der Waals surface area contributed by atoms with E-state index in [4.69, 9.17) is 14.2 Å². The van der Waals surface area contributed by atoms with Crippen molar-refractivity contribution in [2.45, 2.75) is 6.42 Å². The molecule has 0 aromatic heterocycles. The van der Waals surface area contributed by atoms with Crippen molar-refractivity contribution in [3.63, 3.8) is 0 Å². The van der Waals surface area contributed by atoms with Crippen LogP contribution in [0.4, 0.5) is 0 Å². The van der Waals surface area contributed by atoms with Crippen molar-refractivity contribution < 1.29 is 19.0 Å². The van der Waals surface area contributed by atoms with Gasteiger partial charge in [-0.15, -0.1) is 0 Å². The molecule has 6 heteroatoms. The van der Waals surface area contributed by atoms with Crippen LogP contribution in [0.1, 0.15) is 6.42 Å². The first kappa shape index (κ1) is 13.1. The fraction of sp³-hybridized carbons (Fsp3) is 0.500. The number of carbonyl (C=O) groups excluding carboxylic acids is 1. The minimum Gasteiger partial charge on any atom is -0.492 e. The molecule has 3 rings (SSSR count). The molecule has 1 fully saturated rings. The minimum absolute atomic E-state index is 0.0977. The van der Waals surface area contributed by atoms with E-state index in [-0.39, 0.29) is 18.6 Å². The molecule has 2 N–H and O–H groups in total. The lowest BCUT2D eigenvalue weighted by Gasteiger charge is -2.11. The van der Waals surface area contributed by atoms with Crippen LogP contribution >= 0.6 is 0 Å². The molecule has 1 aromatic rings. The Bertz CT molecular complexity index is 486. The summed E-state index contributed by atoms with van der Waals surface area (Å²) in [6, 6.07) is 5.45. The highest BCUT2D eigenvalue weighted by Gasteiger charge is 2.21. The summed E-state index contributed by atoms with van der Waals surface area (Å²) in [6.45, 7) is 2.89. The predicted molar refractivity (Wildman–Crippen MR) is 72.0 cm³/mol. The van der Waals surface area contributed by atoms with Crippen LogP contribution in [0.5, 0.6) is 17.2 Å². The Balaban J connectivity index is 1.40. The van der Waals surface area contributed by atoms with Crippen molar-refractivity contribution >= 4 is 5.91 Å². The first-order valence-corrected chi connectivity index (χ1v) is 6.84. The van der Waals surface area contributed by atoms with Crippen LogP contribution < -0.4 is 24.8 Å². The molecule has 1 unspecified atom stereocenters. The van der Waals surface area contributed by atoms with Gasteiger partial charge in [0.2, 0.25) is 12.7 Å². The molecule has 1 aromatic carbocycles. The number of carbonyl (C=O) groups is 1. The number of nitrogens with one attached hydrogen (secondary N) is 2. The first-order chi connectivity index (χ1) is 9.83. The largest absolute Gasteiger partial charge is 0.492 e. The van der Waals surface area contributed by atoms with Gasteiger partial charge in [-0.25, -0.2) is 0 Å². The number of hydrogen-bond donors (Lipinski definition) is 2. The van der Waals surface area contributed by atoms with E-state index >= 15 is 0 Å². The summed E-state index contributed by atoms with van der Waals surface area (Å²) >= 11 is 0. The van der Waals surface area contributed by atoms with Crippen molar-refractivity contribution in [3.8, 4) is 17.2 Å². The van der Waals surface area contributed by atoms with Crippen LogP contribution in [-0.2, 0) is 4.79 Å². The Morgan fingerprint density at radius 1 is 1.40 bits per heavy atom. The van der Waals surface area contributed by atoms with Gasteiger partial charge in [-0.05, 0) is 25.1 Å². The normalized spacial score (nSPS) is 19.9. The van der Waals surface area contributed by atoms with Crippen molar-refractivity contribution in [2.75, 3.05) is 33.0 Å². The summed E-state index contributed by atoms with van der Waals surface area (Å²) in [5.74, 6) is 2.35. The quantitative estimate of drug-likeness (QED) is 0.769. The van der Waals surface area contributed by atoms with E-state index < -0.39 is 0 Å². The summed E-state index contributed by atoms with van der Waals surface area (Å²) < 4.78 is 16.1. The van der Waals surface area contributed by atoms with E-state index in [1.807, 2.05) is 12.1 Å². The van der Waals surface area contributed by atoms with Crippen LogP contribution in [0.2, 0.25) is 0 Å². The number of ether oxygens (including phenoxy) is 3. The standard InChI is InChI=1S/C14H18N2O4/c17-14(10-3-4-15-8-10)16-5-6-18-11-1-2-12-13(7-11)20-9-19-12/h1-2,7,10,15H,3-6,8-9H2,(H,16,17). The molecule has 1 amide bonds. The molecule has 2 aliphatic rings. The van der Waals surface area contributed by atoms with Crippen molar-refractivity contribution in [1.29, 1.82) is 0 Å². The van der Waals surface area contributed by atoms with Gasteiger partial charge in [0, 0.05) is 12.6 Å². The third kappa shape index (κ3) is 2.96. The van der Waals surface area contributed by atoms with Gasteiger partial charge in [0.05, 0.1) is 12.5 Å². The van der Waals surface area contributed by atoms with Crippen molar-refractivity contribution in [3.05, 3.63) is 18.2 Å². The smallest absolute Gasteiger partial charge is 0.231 e. The van der Waals surface area contributed by atoms with Gasteiger partial charge in [-0.3, -0.25) is 4.79 Å². The average Bonchev–Trinajstić information content (AvgIpc) is 3.13. The van der Waals surface area contributed by atoms with Crippen LogP contribution in [0.15, 0.2) is 18.2 Å². The highest BCUT2D eigenvalue weighted by atomic mass is 16.7. The van der Waals surface area contributed by atoms with Gasteiger partial charge < -0.3 is 24.8 Å². The summed E-state index contributed by atoms with van der Waals surface area (Å²) in [5.41, 5.74) is 0. The number of amides is 1. The SMILES string of the molecule is O=C(NCCOc1ccc2c(c1)OCO2)C1CCNC1. The van der Waals surface area contributed by atoms with Gasteiger partial charge in [0.15, 0.2) is 11.5 Å². The maximum absolute atomic E-state index is 11.8. The highest BCUT2D eigenvalue weighted by Crippen LogP contribution is 2.34.